The van der Waals surface area contributed by atoms with Gasteiger partial charge in [-0.2, -0.15) is 10.4 Å². The third kappa shape index (κ3) is 6.00. The van der Waals surface area contributed by atoms with Crippen LogP contribution in [0.5, 0.6) is 0 Å². The van der Waals surface area contributed by atoms with Crippen LogP contribution in [0.4, 0.5) is 5.82 Å². The molecule has 0 unspecified atom stereocenters. The molecule has 7 nitrogen and oxygen atoms in total. The normalized spacial score (nSPS) is 11.2. The van der Waals surface area contributed by atoms with Crippen molar-refractivity contribution in [2.45, 2.75) is 19.3 Å². The van der Waals surface area contributed by atoms with E-state index in [1.165, 1.54) is 5.56 Å². The molecule has 0 aliphatic rings. The Bertz CT molecular complexity index is 1050. The minimum absolute atomic E-state index is 0.372. The zero-order chi connectivity index (χ0) is 22.1. The van der Waals surface area contributed by atoms with Crippen molar-refractivity contribution in [3.8, 4) is 11.8 Å². The Balaban J connectivity index is 1.48. The van der Waals surface area contributed by atoms with Crippen molar-refractivity contribution >= 4 is 23.4 Å². The van der Waals surface area contributed by atoms with Crippen LogP contribution in [-0.4, -0.2) is 35.9 Å². The number of nitrogens with one attached hydrogen (secondary N) is 2. The van der Waals surface area contributed by atoms with Crippen molar-refractivity contribution in [1.82, 2.24) is 20.4 Å². The van der Waals surface area contributed by atoms with E-state index in [1.807, 2.05) is 54.6 Å². The van der Waals surface area contributed by atoms with Crippen LogP contribution in [0.2, 0.25) is 5.02 Å². The first-order valence-electron chi connectivity index (χ1n) is 10.1. The predicted molar refractivity (Wildman–Crippen MR) is 126 cm³/mol. The highest BCUT2D eigenvalue weighted by Crippen LogP contribution is 2.21. The lowest BCUT2D eigenvalue weighted by Crippen LogP contribution is -2.38. The highest BCUT2D eigenvalue weighted by Gasteiger charge is 2.16. The first-order valence-corrected chi connectivity index (χ1v) is 10.5. The van der Waals surface area contributed by atoms with E-state index >= 15 is 0 Å². The molecule has 0 radical (unpaired) electrons. The second-order valence-electron chi connectivity index (χ2n) is 6.97. The van der Waals surface area contributed by atoms with Gasteiger partial charge in [-0.05, 0) is 49.1 Å². The molecule has 0 saturated heterocycles. The quantitative estimate of drug-likeness (QED) is 0.286. The highest BCUT2D eigenvalue weighted by molar-refractivity contribution is 6.30. The molecule has 31 heavy (non-hydrogen) atoms. The Kier molecular flexibility index (Phi) is 7.91. The van der Waals surface area contributed by atoms with Gasteiger partial charge in [0.2, 0.25) is 0 Å². The fourth-order valence-electron chi connectivity index (χ4n) is 3.20. The van der Waals surface area contributed by atoms with Crippen LogP contribution in [0.1, 0.15) is 23.2 Å². The molecule has 4 N–H and O–H groups in total. The Morgan fingerprint density at radius 2 is 1.81 bits per heavy atom. The molecular formula is C23H26ClN7. The fourth-order valence-corrected chi connectivity index (χ4v) is 3.33. The Hall–Kier alpha value is -3.50. The Morgan fingerprint density at radius 1 is 1.10 bits per heavy atom. The number of hydrogen-bond acceptors (Lipinski definition) is 4. The standard InChI is InChI=1S/C23H26ClN7/c1-27-23(29-15-13-17-9-11-18(24)12-10-17)28-14-5-8-21-20(16-25)22(26)31(30-21)19-6-3-2-4-7-19/h2-4,6-7,9-12H,5,8,13-15,26H2,1H3,(H2,27,28,29). The number of aliphatic imine (C=N–C) groups is 1. The van der Waals surface area contributed by atoms with Gasteiger partial charge >= 0.3 is 0 Å². The third-order valence-electron chi connectivity index (χ3n) is 4.83. The summed E-state index contributed by atoms with van der Waals surface area (Å²) in [5, 5.41) is 21.4. The number of para-hydroxylation sites is 1. The maximum absolute atomic E-state index is 9.51. The number of benzene rings is 2. The van der Waals surface area contributed by atoms with Crippen molar-refractivity contribution in [3.63, 3.8) is 0 Å². The number of nitrogen functional groups attached to an aromatic ring is 1. The van der Waals surface area contributed by atoms with Gasteiger partial charge in [-0.3, -0.25) is 4.99 Å². The highest BCUT2D eigenvalue weighted by atomic mass is 35.5. The van der Waals surface area contributed by atoms with E-state index in [1.54, 1.807) is 11.7 Å². The van der Waals surface area contributed by atoms with Gasteiger partial charge in [0.25, 0.3) is 0 Å². The smallest absolute Gasteiger partial charge is 0.190 e. The molecule has 0 atom stereocenters. The first-order chi connectivity index (χ1) is 15.1. The van der Waals surface area contributed by atoms with Crippen molar-refractivity contribution in [2.75, 3.05) is 25.9 Å². The summed E-state index contributed by atoms with van der Waals surface area (Å²) >= 11 is 5.92. The van der Waals surface area contributed by atoms with Gasteiger partial charge in [0.15, 0.2) is 5.96 Å². The summed E-state index contributed by atoms with van der Waals surface area (Å²) in [6.45, 7) is 1.46. The molecule has 1 heterocycles. The number of nitrogens with two attached hydrogens (primary N) is 1. The molecular weight excluding hydrogens is 410 g/mol. The molecule has 3 rings (SSSR count). The molecule has 0 spiro atoms. The average molecular weight is 436 g/mol. The Labute approximate surface area is 187 Å². The minimum Gasteiger partial charge on any atom is -0.382 e. The fraction of sp³-hybridized carbons (Fsp3) is 0.261. The molecule has 1 aromatic heterocycles. The maximum atomic E-state index is 9.51. The summed E-state index contributed by atoms with van der Waals surface area (Å²) < 4.78 is 1.62. The first kappa shape index (κ1) is 22.2. The summed E-state index contributed by atoms with van der Waals surface area (Å²) in [6.07, 6.45) is 2.30. The molecule has 160 valence electrons. The summed E-state index contributed by atoms with van der Waals surface area (Å²) in [7, 11) is 1.74. The number of nitriles is 1. The van der Waals surface area contributed by atoms with Gasteiger partial charge < -0.3 is 16.4 Å². The number of hydrogen-bond donors (Lipinski definition) is 3. The molecule has 8 heteroatoms. The number of nitrogens with zero attached hydrogens (tertiary/aromatic N) is 4. The lowest BCUT2D eigenvalue weighted by molar-refractivity contribution is 0.720. The summed E-state index contributed by atoms with van der Waals surface area (Å²) in [5.41, 5.74) is 9.35. The zero-order valence-electron chi connectivity index (χ0n) is 17.5. The van der Waals surface area contributed by atoms with Crippen LogP contribution < -0.4 is 16.4 Å². The SMILES string of the molecule is CN=C(NCCCc1nn(-c2ccccc2)c(N)c1C#N)NCCc1ccc(Cl)cc1. The average Bonchev–Trinajstić information content (AvgIpc) is 3.12. The molecule has 0 saturated carbocycles. The summed E-state index contributed by atoms with van der Waals surface area (Å²) in [5.74, 6) is 1.11. The van der Waals surface area contributed by atoms with Crippen LogP contribution in [0, 0.1) is 11.3 Å². The second kappa shape index (κ2) is 11.0. The van der Waals surface area contributed by atoms with Gasteiger partial charge in [-0.15, -0.1) is 0 Å². The number of aryl methyl sites for hydroxylation is 1. The minimum atomic E-state index is 0.372. The third-order valence-corrected chi connectivity index (χ3v) is 5.08. The second-order valence-corrected chi connectivity index (χ2v) is 7.41. The summed E-state index contributed by atoms with van der Waals surface area (Å²) in [6, 6.07) is 19.6. The molecule has 0 aliphatic heterocycles. The Morgan fingerprint density at radius 3 is 2.48 bits per heavy atom. The molecule has 2 aromatic carbocycles. The van der Waals surface area contributed by atoms with Crippen molar-refractivity contribution in [3.05, 3.63) is 76.4 Å². The molecule has 0 bridgehead atoms. The van der Waals surface area contributed by atoms with Crippen molar-refractivity contribution in [1.29, 1.82) is 5.26 Å². The predicted octanol–water partition coefficient (Wildman–Crippen LogP) is 3.32. The van der Waals surface area contributed by atoms with Gasteiger partial charge in [0, 0.05) is 25.2 Å². The van der Waals surface area contributed by atoms with E-state index in [4.69, 9.17) is 17.3 Å². The van der Waals surface area contributed by atoms with Crippen LogP contribution in [0.25, 0.3) is 5.69 Å². The summed E-state index contributed by atoms with van der Waals surface area (Å²) in [4.78, 5) is 4.25. The largest absolute Gasteiger partial charge is 0.382 e. The lowest BCUT2D eigenvalue weighted by atomic mass is 10.1. The van der Waals surface area contributed by atoms with E-state index in [-0.39, 0.29) is 0 Å². The topological polar surface area (TPSA) is 104 Å². The van der Waals surface area contributed by atoms with Crippen molar-refractivity contribution < 1.29 is 0 Å². The van der Waals surface area contributed by atoms with Gasteiger partial charge in [-0.25, -0.2) is 4.68 Å². The van der Waals surface area contributed by atoms with E-state index in [0.717, 1.165) is 36.1 Å². The number of aromatic nitrogens is 2. The van der Waals surface area contributed by atoms with Crippen molar-refractivity contribution in [2.24, 2.45) is 4.99 Å². The number of halogens is 1. The van der Waals surface area contributed by atoms with Crippen LogP contribution in [0.15, 0.2) is 59.6 Å². The van der Waals surface area contributed by atoms with E-state index in [2.05, 4.69) is 26.8 Å². The number of rotatable bonds is 8. The van der Waals surface area contributed by atoms with Crippen LogP contribution >= 0.6 is 11.6 Å². The van der Waals surface area contributed by atoms with E-state index in [9.17, 15) is 5.26 Å². The molecule has 0 amide bonds. The zero-order valence-corrected chi connectivity index (χ0v) is 18.2. The van der Waals surface area contributed by atoms with E-state index < -0.39 is 0 Å². The van der Waals surface area contributed by atoms with E-state index in [0.29, 0.717) is 30.0 Å². The van der Waals surface area contributed by atoms with Gasteiger partial charge in [0.1, 0.15) is 17.5 Å². The number of guanidine groups is 1. The maximum Gasteiger partial charge on any atom is 0.190 e. The van der Waals surface area contributed by atoms with Gasteiger partial charge in [0.05, 0.1) is 11.4 Å². The molecule has 3 aromatic rings. The molecule has 0 aliphatic carbocycles. The monoisotopic (exact) mass is 435 g/mol. The lowest BCUT2D eigenvalue weighted by Gasteiger charge is -2.11. The van der Waals surface area contributed by atoms with Gasteiger partial charge in [-0.1, -0.05) is 41.9 Å². The number of anilines is 1. The van der Waals surface area contributed by atoms with Crippen LogP contribution in [-0.2, 0) is 12.8 Å². The molecule has 0 fully saturated rings. The van der Waals surface area contributed by atoms with Crippen LogP contribution in [0.3, 0.4) is 0 Å².